The van der Waals surface area contributed by atoms with Crippen LogP contribution in [0.5, 0.6) is 0 Å². The second-order valence-corrected chi connectivity index (χ2v) is 5.32. The smallest absolute Gasteiger partial charge is 0.164 e. The average Bonchev–Trinajstić information content (AvgIpc) is 2.46. The van der Waals surface area contributed by atoms with E-state index in [9.17, 15) is 4.79 Å². The maximum absolute atomic E-state index is 11.9. The summed E-state index contributed by atoms with van der Waals surface area (Å²) in [4.78, 5) is 17.5. The molecule has 1 aromatic carbocycles. The summed E-state index contributed by atoms with van der Waals surface area (Å²) in [6.07, 6.45) is 5.96. The first-order valence-electron chi connectivity index (χ1n) is 7.29. The molecule has 0 spiro atoms. The molecule has 0 unspecified atom stereocenters. The largest absolute Gasteiger partial charge is 0.297 e. The van der Waals surface area contributed by atoms with Crippen molar-refractivity contribution >= 4 is 11.5 Å². The lowest BCUT2D eigenvalue weighted by molar-refractivity contribution is -0.132. The van der Waals surface area contributed by atoms with Crippen LogP contribution in [0.2, 0.25) is 0 Å². The summed E-state index contributed by atoms with van der Waals surface area (Å²) < 4.78 is 0. The van der Waals surface area contributed by atoms with Crippen molar-refractivity contribution in [2.24, 2.45) is 5.92 Å². The van der Waals surface area contributed by atoms with Gasteiger partial charge in [-0.1, -0.05) is 44.4 Å². The molecule has 19 heavy (non-hydrogen) atoms. The van der Waals surface area contributed by atoms with Crippen molar-refractivity contribution in [1.82, 2.24) is 0 Å². The lowest BCUT2D eigenvalue weighted by Crippen LogP contribution is -2.33. The Labute approximate surface area is 115 Å². The van der Waals surface area contributed by atoms with Crippen LogP contribution in [-0.2, 0) is 9.63 Å². The second kappa shape index (κ2) is 7.29. The summed E-state index contributed by atoms with van der Waals surface area (Å²) in [7, 11) is 0. The molecule has 2 rings (SSSR count). The molecule has 0 amide bonds. The Morgan fingerprint density at radius 3 is 2.84 bits per heavy atom. The van der Waals surface area contributed by atoms with Gasteiger partial charge in [0.1, 0.15) is 6.10 Å². The van der Waals surface area contributed by atoms with Gasteiger partial charge in [0.05, 0.1) is 5.69 Å². The molecule has 2 atom stereocenters. The number of hydrogen-bond acceptors (Lipinski definition) is 3. The van der Waals surface area contributed by atoms with Gasteiger partial charge in [0.2, 0.25) is 0 Å². The number of carbonyl (C=O) groups excluding carboxylic acids is 1. The molecule has 1 N–H and O–H groups in total. The monoisotopic (exact) mass is 261 g/mol. The van der Waals surface area contributed by atoms with E-state index in [4.69, 9.17) is 4.84 Å². The fraction of sp³-hybridized carbons (Fsp3) is 0.562. The lowest BCUT2D eigenvalue weighted by atomic mass is 9.83. The van der Waals surface area contributed by atoms with Crippen LogP contribution in [0.1, 0.15) is 45.4 Å². The number of hydrogen-bond donors (Lipinski definition) is 1. The van der Waals surface area contributed by atoms with Gasteiger partial charge in [-0.2, -0.15) is 0 Å². The molecule has 3 heteroatoms. The molecule has 0 aliphatic heterocycles. The van der Waals surface area contributed by atoms with Crippen molar-refractivity contribution in [2.45, 2.75) is 51.6 Å². The minimum absolute atomic E-state index is 0.233. The number of anilines is 1. The summed E-state index contributed by atoms with van der Waals surface area (Å²) in [5.74, 6) is 0.872. The van der Waals surface area contributed by atoms with Crippen LogP contribution in [0.15, 0.2) is 30.3 Å². The van der Waals surface area contributed by atoms with Gasteiger partial charge in [-0.15, -0.1) is 0 Å². The fourth-order valence-electron chi connectivity index (χ4n) is 2.57. The quantitative estimate of drug-likeness (QED) is 0.788. The standard InChI is InChI=1S/C16H23NO2/c1-2-3-7-13-10-11-15(18)16(12-13)19-17-14-8-5-4-6-9-14/h4-6,8-9,13,16-17H,2-3,7,10-12H2,1H3/t13-,16+/m0/s1. The predicted octanol–water partition coefficient (Wildman–Crippen LogP) is 3.96. The molecule has 104 valence electrons. The first-order valence-corrected chi connectivity index (χ1v) is 7.29. The van der Waals surface area contributed by atoms with Gasteiger partial charge in [0.15, 0.2) is 5.78 Å². The highest BCUT2D eigenvalue weighted by molar-refractivity contribution is 5.83. The van der Waals surface area contributed by atoms with Gasteiger partial charge in [-0.25, -0.2) is 0 Å². The topological polar surface area (TPSA) is 38.3 Å². The minimum Gasteiger partial charge on any atom is -0.297 e. The number of nitrogens with one attached hydrogen (secondary N) is 1. The van der Waals surface area contributed by atoms with Gasteiger partial charge < -0.3 is 0 Å². The van der Waals surface area contributed by atoms with E-state index >= 15 is 0 Å². The van der Waals surface area contributed by atoms with E-state index in [0.717, 1.165) is 18.5 Å². The van der Waals surface area contributed by atoms with E-state index in [0.29, 0.717) is 12.3 Å². The van der Waals surface area contributed by atoms with Crippen LogP contribution in [-0.4, -0.2) is 11.9 Å². The molecule has 1 fully saturated rings. The Bertz CT molecular complexity index is 391. The first kappa shape index (κ1) is 14.1. The zero-order valence-electron chi connectivity index (χ0n) is 11.6. The van der Waals surface area contributed by atoms with E-state index < -0.39 is 0 Å². The molecule has 1 aliphatic rings. The van der Waals surface area contributed by atoms with Crippen LogP contribution in [0, 0.1) is 5.92 Å². The fourth-order valence-corrected chi connectivity index (χ4v) is 2.57. The maximum Gasteiger partial charge on any atom is 0.164 e. The summed E-state index contributed by atoms with van der Waals surface area (Å²) >= 11 is 0. The van der Waals surface area contributed by atoms with E-state index in [1.807, 2.05) is 30.3 Å². The van der Waals surface area contributed by atoms with Crippen molar-refractivity contribution in [2.75, 3.05) is 5.48 Å². The minimum atomic E-state index is -0.282. The molecule has 3 nitrogen and oxygen atoms in total. The molecule has 0 saturated heterocycles. The Kier molecular flexibility index (Phi) is 5.40. The van der Waals surface area contributed by atoms with Crippen LogP contribution >= 0.6 is 0 Å². The Hall–Kier alpha value is -1.35. The van der Waals surface area contributed by atoms with Crippen molar-refractivity contribution in [1.29, 1.82) is 0 Å². The van der Waals surface area contributed by atoms with Crippen LogP contribution in [0.3, 0.4) is 0 Å². The Balaban J connectivity index is 1.82. The van der Waals surface area contributed by atoms with Crippen LogP contribution < -0.4 is 5.48 Å². The van der Waals surface area contributed by atoms with Crippen LogP contribution in [0.4, 0.5) is 5.69 Å². The molecule has 1 saturated carbocycles. The Morgan fingerprint density at radius 2 is 2.11 bits per heavy atom. The summed E-state index contributed by atoms with van der Waals surface area (Å²) in [6.45, 7) is 2.21. The van der Waals surface area contributed by atoms with Gasteiger partial charge in [-0.05, 0) is 30.9 Å². The summed E-state index contributed by atoms with van der Waals surface area (Å²) in [6, 6.07) is 9.71. The van der Waals surface area contributed by atoms with Crippen molar-refractivity contribution in [3.8, 4) is 0 Å². The van der Waals surface area contributed by atoms with Crippen molar-refractivity contribution < 1.29 is 9.63 Å². The lowest BCUT2D eigenvalue weighted by Gasteiger charge is -2.27. The van der Waals surface area contributed by atoms with Gasteiger partial charge in [0.25, 0.3) is 0 Å². The number of ketones is 1. The normalized spacial score (nSPS) is 23.3. The van der Waals surface area contributed by atoms with Gasteiger partial charge in [-0.3, -0.25) is 15.1 Å². The average molecular weight is 261 g/mol. The SMILES string of the molecule is CCCC[C@H]1CCC(=O)[C@H](ONc2ccccc2)C1. The molecule has 1 aliphatic carbocycles. The Morgan fingerprint density at radius 1 is 1.32 bits per heavy atom. The highest BCUT2D eigenvalue weighted by Crippen LogP contribution is 2.28. The third-order valence-electron chi connectivity index (χ3n) is 3.76. The van der Waals surface area contributed by atoms with Crippen molar-refractivity contribution in [3.63, 3.8) is 0 Å². The highest BCUT2D eigenvalue weighted by atomic mass is 16.7. The number of Topliss-reactive ketones (excluding diaryl/α,β-unsaturated/α-hetero) is 1. The maximum atomic E-state index is 11.9. The molecule has 0 radical (unpaired) electrons. The van der Waals surface area contributed by atoms with Crippen molar-refractivity contribution in [3.05, 3.63) is 30.3 Å². The van der Waals surface area contributed by atoms with Gasteiger partial charge in [0, 0.05) is 6.42 Å². The zero-order valence-corrected chi connectivity index (χ0v) is 11.6. The number of benzene rings is 1. The number of carbonyl (C=O) groups is 1. The van der Waals surface area contributed by atoms with E-state index in [-0.39, 0.29) is 11.9 Å². The predicted molar refractivity (Wildman–Crippen MR) is 76.8 cm³/mol. The zero-order chi connectivity index (χ0) is 13.5. The molecule has 1 aromatic rings. The van der Waals surface area contributed by atoms with E-state index in [2.05, 4.69) is 12.4 Å². The number of para-hydroxylation sites is 1. The highest BCUT2D eigenvalue weighted by Gasteiger charge is 2.29. The summed E-state index contributed by atoms with van der Waals surface area (Å²) in [5, 5.41) is 0. The number of rotatable bonds is 6. The third-order valence-corrected chi connectivity index (χ3v) is 3.76. The van der Waals surface area contributed by atoms with Crippen LogP contribution in [0.25, 0.3) is 0 Å². The van der Waals surface area contributed by atoms with E-state index in [1.165, 1.54) is 19.3 Å². The third kappa shape index (κ3) is 4.35. The molecular formula is C16H23NO2. The van der Waals surface area contributed by atoms with E-state index in [1.54, 1.807) is 0 Å². The molecule has 0 heterocycles. The molecular weight excluding hydrogens is 238 g/mol. The molecule has 0 bridgehead atoms. The van der Waals surface area contributed by atoms with Gasteiger partial charge >= 0.3 is 0 Å². The first-order chi connectivity index (χ1) is 9.29. The molecule has 0 aromatic heterocycles. The summed E-state index contributed by atoms with van der Waals surface area (Å²) in [5.41, 5.74) is 3.80. The second-order valence-electron chi connectivity index (χ2n) is 5.32. The number of unbranched alkanes of at least 4 members (excludes halogenated alkanes) is 1.